The van der Waals surface area contributed by atoms with Crippen molar-refractivity contribution in [1.82, 2.24) is 15.0 Å². The Morgan fingerprint density at radius 2 is 2.21 bits per heavy atom. The first-order chi connectivity index (χ1) is 9.10. The standard InChI is InChI=1S/C15H17N3O/c1-10(2)14(19-4)8-15-16-9-13(18-15)12-7-5-6-11(3)17-12/h5-9H,1H2,2-4H3,(H,16,18)/b14-8+. The predicted molar refractivity (Wildman–Crippen MR) is 76.4 cm³/mol. The number of nitrogens with zero attached hydrogens (tertiary/aromatic N) is 2. The third-order valence-electron chi connectivity index (χ3n) is 2.67. The summed E-state index contributed by atoms with van der Waals surface area (Å²) in [5.41, 5.74) is 3.59. The first kappa shape index (κ1) is 13.1. The van der Waals surface area contributed by atoms with Crippen LogP contribution in [0.25, 0.3) is 17.5 Å². The Hall–Kier alpha value is -2.36. The van der Waals surface area contributed by atoms with Crippen LogP contribution in [0.5, 0.6) is 0 Å². The number of pyridine rings is 1. The average Bonchev–Trinajstić information content (AvgIpc) is 2.84. The summed E-state index contributed by atoms with van der Waals surface area (Å²) in [5.74, 6) is 1.43. The van der Waals surface area contributed by atoms with Crippen LogP contribution in [0.2, 0.25) is 0 Å². The Kier molecular flexibility index (Phi) is 3.80. The largest absolute Gasteiger partial charge is 0.496 e. The van der Waals surface area contributed by atoms with Gasteiger partial charge in [-0.3, -0.25) is 4.98 Å². The van der Waals surface area contributed by atoms with Crippen LogP contribution in [0.3, 0.4) is 0 Å². The molecule has 19 heavy (non-hydrogen) atoms. The van der Waals surface area contributed by atoms with Crippen molar-refractivity contribution in [1.29, 1.82) is 0 Å². The highest BCUT2D eigenvalue weighted by Crippen LogP contribution is 2.17. The minimum atomic E-state index is 0.707. The Morgan fingerprint density at radius 3 is 2.84 bits per heavy atom. The van der Waals surface area contributed by atoms with E-state index in [0.717, 1.165) is 28.5 Å². The molecular weight excluding hydrogens is 238 g/mol. The van der Waals surface area contributed by atoms with Crippen molar-refractivity contribution in [2.75, 3.05) is 7.11 Å². The van der Waals surface area contributed by atoms with E-state index in [9.17, 15) is 0 Å². The van der Waals surface area contributed by atoms with Crippen molar-refractivity contribution in [2.45, 2.75) is 13.8 Å². The molecule has 0 radical (unpaired) electrons. The minimum Gasteiger partial charge on any atom is -0.496 e. The molecular formula is C15H17N3O. The molecule has 98 valence electrons. The van der Waals surface area contributed by atoms with Gasteiger partial charge in [-0.05, 0) is 31.6 Å². The number of imidazole rings is 1. The van der Waals surface area contributed by atoms with E-state index in [1.165, 1.54) is 0 Å². The number of aryl methyl sites for hydroxylation is 1. The summed E-state index contributed by atoms with van der Waals surface area (Å²) in [5, 5.41) is 0. The van der Waals surface area contributed by atoms with Crippen LogP contribution in [0, 0.1) is 6.92 Å². The quantitative estimate of drug-likeness (QED) is 0.673. The molecule has 0 aromatic carbocycles. The highest BCUT2D eigenvalue weighted by Gasteiger charge is 2.05. The van der Waals surface area contributed by atoms with Crippen molar-refractivity contribution in [2.24, 2.45) is 0 Å². The molecule has 0 aliphatic carbocycles. The summed E-state index contributed by atoms with van der Waals surface area (Å²) in [6.07, 6.45) is 3.58. The van der Waals surface area contributed by atoms with E-state index in [2.05, 4.69) is 21.5 Å². The number of aromatic nitrogens is 3. The van der Waals surface area contributed by atoms with Gasteiger partial charge >= 0.3 is 0 Å². The summed E-state index contributed by atoms with van der Waals surface area (Å²) in [6.45, 7) is 7.70. The summed E-state index contributed by atoms with van der Waals surface area (Å²) < 4.78 is 5.24. The van der Waals surface area contributed by atoms with Gasteiger partial charge in [-0.15, -0.1) is 0 Å². The van der Waals surface area contributed by atoms with Crippen molar-refractivity contribution in [3.63, 3.8) is 0 Å². The van der Waals surface area contributed by atoms with E-state index in [-0.39, 0.29) is 0 Å². The highest BCUT2D eigenvalue weighted by atomic mass is 16.5. The number of H-pyrrole nitrogens is 1. The molecule has 0 saturated carbocycles. The van der Waals surface area contributed by atoms with Crippen LogP contribution < -0.4 is 0 Å². The second-order valence-corrected chi connectivity index (χ2v) is 4.34. The molecule has 0 atom stereocenters. The molecule has 0 fully saturated rings. The van der Waals surface area contributed by atoms with Crippen LogP contribution in [0.4, 0.5) is 0 Å². The molecule has 2 heterocycles. The summed E-state index contributed by atoms with van der Waals surface area (Å²) in [4.78, 5) is 12.0. The lowest BCUT2D eigenvalue weighted by Gasteiger charge is -2.03. The van der Waals surface area contributed by atoms with Gasteiger partial charge in [0.25, 0.3) is 0 Å². The molecule has 0 saturated heterocycles. The molecule has 0 spiro atoms. The topological polar surface area (TPSA) is 50.8 Å². The summed E-state index contributed by atoms with van der Waals surface area (Å²) >= 11 is 0. The number of nitrogens with one attached hydrogen (secondary N) is 1. The number of ether oxygens (including phenoxy) is 1. The second-order valence-electron chi connectivity index (χ2n) is 4.34. The molecule has 2 rings (SSSR count). The van der Waals surface area contributed by atoms with E-state index in [1.807, 2.05) is 38.1 Å². The Balaban J connectivity index is 2.31. The molecule has 0 aliphatic heterocycles. The van der Waals surface area contributed by atoms with E-state index in [0.29, 0.717) is 5.76 Å². The fourth-order valence-electron chi connectivity index (χ4n) is 1.71. The Labute approximate surface area is 112 Å². The first-order valence-electron chi connectivity index (χ1n) is 6.00. The fourth-order valence-corrected chi connectivity index (χ4v) is 1.71. The van der Waals surface area contributed by atoms with Crippen LogP contribution in [-0.4, -0.2) is 22.1 Å². The molecule has 0 bridgehead atoms. The predicted octanol–water partition coefficient (Wildman–Crippen LogP) is 3.34. The molecule has 0 unspecified atom stereocenters. The molecule has 0 amide bonds. The van der Waals surface area contributed by atoms with Gasteiger partial charge in [0.05, 0.1) is 24.7 Å². The van der Waals surface area contributed by atoms with E-state index in [4.69, 9.17) is 4.74 Å². The number of rotatable bonds is 4. The van der Waals surface area contributed by atoms with Gasteiger partial charge in [0.15, 0.2) is 0 Å². The maximum absolute atomic E-state index is 5.24. The molecule has 1 N–H and O–H groups in total. The SMILES string of the molecule is C=C(C)/C(=C\c1ncc(-c2cccc(C)n2)[nH]1)OC. The highest BCUT2D eigenvalue weighted by molar-refractivity contribution is 5.58. The van der Waals surface area contributed by atoms with E-state index in [1.54, 1.807) is 13.3 Å². The van der Waals surface area contributed by atoms with Gasteiger partial charge in [0.1, 0.15) is 11.6 Å². The molecule has 2 aromatic heterocycles. The maximum atomic E-state index is 5.24. The maximum Gasteiger partial charge on any atom is 0.134 e. The van der Waals surface area contributed by atoms with Crippen molar-refractivity contribution < 1.29 is 4.74 Å². The molecule has 2 aromatic rings. The normalized spacial score (nSPS) is 11.4. The zero-order valence-electron chi connectivity index (χ0n) is 11.4. The molecule has 4 nitrogen and oxygen atoms in total. The summed E-state index contributed by atoms with van der Waals surface area (Å²) in [7, 11) is 1.62. The minimum absolute atomic E-state index is 0.707. The van der Waals surface area contributed by atoms with E-state index < -0.39 is 0 Å². The zero-order chi connectivity index (χ0) is 13.8. The Bertz CT molecular complexity index is 626. The van der Waals surface area contributed by atoms with Crippen LogP contribution in [0.15, 0.2) is 42.3 Å². The zero-order valence-corrected chi connectivity index (χ0v) is 11.4. The lowest BCUT2D eigenvalue weighted by Crippen LogP contribution is -1.89. The van der Waals surface area contributed by atoms with Gasteiger partial charge in [-0.1, -0.05) is 12.6 Å². The lowest BCUT2D eigenvalue weighted by molar-refractivity contribution is 0.305. The van der Waals surface area contributed by atoms with Crippen LogP contribution in [0.1, 0.15) is 18.4 Å². The average molecular weight is 255 g/mol. The van der Waals surface area contributed by atoms with Gasteiger partial charge in [0.2, 0.25) is 0 Å². The van der Waals surface area contributed by atoms with Gasteiger partial charge in [-0.2, -0.15) is 0 Å². The smallest absolute Gasteiger partial charge is 0.134 e. The van der Waals surface area contributed by atoms with Gasteiger partial charge in [-0.25, -0.2) is 4.98 Å². The second kappa shape index (κ2) is 5.52. The lowest BCUT2D eigenvalue weighted by atomic mass is 10.2. The van der Waals surface area contributed by atoms with Gasteiger partial charge in [0, 0.05) is 11.8 Å². The third-order valence-corrected chi connectivity index (χ3v) is 2.67. The number of allylic oxidation sites excluding steroid dienone is 1. The monoisotopic (exact) mass is 255 g/mol. The van der Waals surface area contributed by atoms with Crippen molar-refractivity contribution >= 4 is 6.08 Å². The fraction of sp³-hybridized carbons (Fsp3) is 0.200. The number of hydrogen-bond donors (Lipinski definition) is 1. The summed E-state index contributed by atoms with van der Waals surface area (Å²) in [6, 6.07) is 5.89. The number of hydrogen-bond acceptors (Lipinski definition) is 3. The van der Waals surface area contributed by atoms with Crippen molar-refractivity contribution in [3.05, 3.63) is 53.8 Å². The Morgan fingerprint density at radius 1 is 1.42 bits per heavy atom. The third kappa shape index (κ3) is 3.10. The number of aromatic amines is 1. The molecule has 0 aliphatic rings. The number of methoxy groups -OCH3 is 1. The van der Waals surface area contributed by atoms with Crippen LogP contribution >= 0.6 is 0 Å². The van der Waals surface area contributed by atoms with E-state index >= 15 is 0 Å². The molecule has 4 heteroatoms. The van der Waals surface area contributed by atoms with Gasteiger partial charge < -0.3 is 9.72 Å². The van der Waals surface area contributed by atoms with Crippen molar-refractivity contribution in [3.8, 4) is 11.4 Å². The van der Waals surface area contributed by atoms with Crippen LogP contribution in [-0.2, 0) is 4.74 Å². The first-order valence-corrected chi connectivity index (χ1v) is 6.00.